The van der Waals surface area contributed by atoms with Gasteiger partial charge in [-0.3, -0.25) is 9.59 Å². The van der Waals surface area contributed by atoms with Crippen LogP contribution in [0, 0.1) is 13.8 Å². The molecular formula is C20H31NO5. The van der Waals surface area contributed by atoms with E-state index in [-0.39, 0.29) is 31.0 Å². The van der Waals surface area contributed by atoms with Gasteiger partial charge in [0, 0.05) is 19.7 Å². The molecule has 0 fully saturated rings. The maximum Gasteiger partial charge on any atom is 0.307 e. The van der Waals surface area contributed by atoms with E-state index in [1.165, 1.54) is 7.11 Å². The summed E-state index contributed by atoms with van der Waals surface area (Å²) in [5, 5.41) is 0. The number of ether oxygens (including phenoxy) is 3. The zero-order valence-corrected chi connectivity index (χ0v) is 16.5. The Labute approximate surface area is 156 Å². The van der Waals surface area contributed by atoms with Crippen LogP contribution in [0.3, 0.4) is 0 Å². The van der Waals surface area contributed by atoms with E-state index < -0.39 is 0 Å². The number of carbonyl (C=O) groups is 2. The standard InChI is InChI=1S/C20H31NO5/c1-15(2)25-13-7-11-21(12-10-20(23)24-5)19(22)14-26-18-9-6-8-16(3)17(18)4/h6,8-9,15H,7,10-14H2,1-5H3. The summed E-state index contributed by atoms with van der Waals surface area (Å²) in [6.07, 6.45) is 1.02. The molecule has 26 heavy (non-hydrogen) atoms. The Bertz CT molecular complexity index is 586. The fraction of sp³-hybridized carbons (Fsp3) is 0.600. The number of hydrogen-bond acceptors (Lipinski definition) is 5. The highest BCUT2D eigenvalue weighted by molar-refractivity contribution is 5.78. The highest BCUT2D eigenvalue weighted by atomic mass is 16.5. The molecule has 0 aliphatic heterocycles. The van der Waals surface area contributed by atoms with Crippen molar-refractivity contribution < 1.29 is 23.8 Å². The third-order valence-electron chi connectivity index (χ3n) is 4.10. The summed E-state index contributed by atoms with van der Waals surface area (Å²) in [5.41, 5.74) is 2.13. The lowest BCUT2D eigenvalue weighted by atomic mass is 10.1. The van der Waals surface area contributed by atoms with Crippen LogP contribution in [0.15, 0.2) is 18.2 Å². The zero-order chi connectivity index (χ0) is 19.5. The molecule has 0 unspecified atom stereocenters. The molecule has 1 amide bonds. The number of aryl methyl sites for hydroxylation is 1. The van der Waals surface area contributed by atoms with Crippen molar-refractivity contribution in [1.82, 2.24) is 4.90 Å². The minimum absolute atomic E-state index is 0.0590. The largest absolute Gasteiger partial charge is 0.483 e. The van der Waals surface area contributed by atoms with Crippen LogP contribution < -0.4 is 4.74 Å². The summed E-state index contributed by atoms with van der Waals surface area (Å²) in [6.45, 7) is 9.24. The number of nitrogens with zero attached hydrogens (tertiary/aromatic N) is 1. The highest BCUT2D eigenvalue weighted by Gasteiger charge is 2.16. The molecule has 0 aliphatic carbocycles. The monoisotopic (exact) mass is 365 g/mol. The van der Waals surface area contributed by atoms with Gasteiger partial charge in [-0.05, 0) is 51.3 Å². The third kappa shape index (κ3) is 7.87. The summed E-state index contributed by atoms with van der Waals surface area (Å²) in [7, 11) is 1.34. The highest BCUT2D eigenvalue weighted by Crippen LogP contribution is 2.20. The molecule has 0 saturated heterocycles. The van der Waals surface area contributed by atoms with Crippen LogP contribution >= 0.6 is 0 Å². The minimum atomic E-state index is -0.336. The van der Waals surface area contributed by atoms with Crippen molar-refractivity contribution in [2.45, 2.75) is 46.6 Å². The topological polar surface area (TPSA) is 65.1 Å². The lowest BCUT2D eigenvalue weighted by molar-refractivity contribution is -0.142. The number of hydrogen-bond donors (Lipinski definition) is 0. The van der Waals surface area contributed by atoms with Crippen LogP contribution in [0.5, 0.6) is 5.75 Å². The molecular weight excluding hydrogens is 334 g/mol. The Hall–Kier alpha value is -2.08. The van der Waals surface area contributed by atoms with Crippen LogP contribution in [-0.2, 0) is 19.1 Å². The van der Waals surface area contributed by atoms with E-state index >= 15 is 0 Å². The van der Waals surface area contributed by atoms with E-state index in [4.69, 9.17) is 9.47 Å². The van der Waals surface area contributed by atoms with Crippen LogP contribution in [0.2, 0.25) is 0 Å². The second-order valence-electron chi connectivity index (χ2n) is 6.47. The first kappa shape index (κ1) is 22.0. The predicted molar refractivity (Wildman–Crippen MR) is 100 cm³/mol. The number of methoxy groups -OCH3 is 1. The first-order chi connectivity index (χ1) is 12.3. The Morgan fingerprint density at radius 1 is 1.15 bits per heavy atom. The predicted octanol–water partition coefficient (Wildman–Crippen LogP) is 2.89. The van der Waals surface area contributed by atoms with Crippen molar-refractivity contribution in [1.29, 1.82) is 0 Å². The number of amides is 1. The first-order valence-electron chi connectivity index (χ1n) is 9.00. The molecule has 6 heteroatoms. The molecule has 0 aromatic heterocycles. The van der Waals surface area contributed by atoms with E-state index in [1.807, 2.05) is 45.9 Å². The fourth-order valence-electron chi connectivity index (χ4n) is 2.38. The van der Waals surface area contributed by atoms with Gasteiger partial charge in [0.15, 0.2) is 6.61 Å². The molecule has 0 atom stereocenters. The Morgan fingerprint density at radius 2 is 1.88 bits per heavy atom. The number of rotatable bonds is 11. The average Bonchev–Trinajstić information content (AvgIpc) is 2.61. The van der Waals surface area contributed by atoms with Crippen LogP contribution in [0.1, 0.15) is 37.8 Å². The molecule has 1 aromatic rings. The summed E-state index contributed by atoms with van der Waals surface area (Å²) in [4.78, 5) is 25.6. The van der Waals surface area contributed by atoms with Gasteiger partial charge in [-0.15, -0.1) is 0 Å². The van der Waals surface area contributed by atoms with Crippen molar-refractivity contribution in [3.8, 4) is 5.75 Å². The van der Waals surface area contributed by atoms with Crippen LogP contribution in [0.25, 0.3) is 0 Å². The molecule has 1 aromatic carbocycles. The quantitative estimate of drug-likeness (QED) is 0.446. The second-order valence-corrected chi connectivity index (χ2v) is 6.47. The number of esters is 1. The van der Waals surface area contributed by atoms with Crippen molar-refractivity contribution in [2.75, 3.05) is 33.4 Å². The van der Waals surface area contributed by atoms with Gasteiger partial charge in [0.25, 0.3) is 5.91 Å². The smallest absolute Gasteiger partial charge is 0.307 e. The lowest BCUT2D eigenvalue weighted by Gasteiger charge is -2.23. The molecule has 0 saturated carbocycles. The first-order valence-corrected chi connectivity index (χ1v) is 9.00. The fourth-order valence-corrected chi connectivity index (χ4v) is 2.38. The van der Waals surface area contributed by atoms with Crippen molar-refractivity contribution in [3.05, 3.63) is 29.3 Å². The summed E-state index contributed by atoms with van der Waals surface area (Å²) in [5.74, 6) is 0.213. The van der Waals surface area contributed by atoms with Gasteiger partial charge in [0.1, 0.15) is 5.75 Å². The van der Waals surface area contributed by atoms with Gasteiger partial charge < -0.3 is 19.1 Å². The molecule has 6 nitrogen and oxygen atoms in total. The molecule has 146 valence electrons. The summed E-state index contributed by atoms with van der Waals surface area (Å²) < 4.78 is 15.9. The molecule has 0 bridgehead atoms. The van der Waals surface area contributed by atoms with Gasteiger partial charge in [0.05, 0.1) is 19.6 Å². The van der Waals surface area contributed by atoms with Gasteiger partial charge in [-0.1, -0.05) is 12.1 Å². The number of carbonyl (C=O) groups excluding carboxylic acids is 2. The average molecular weight is 365 g/mol. The lowest BCUT2D eigenvalue weighted by Crippen LogP contribution is -2.38. The normalized spacial score (nSPS) is 10.7. The summed E-state index contributed by atoms with van der Waals surface area (Å²) >= 11 is 0. The molecule has 0 aliphatic rings. The van der Waals surface area contributed by atoms with E-state index in [0.717, 1.165) is 11.1 Å². The molecule has 1 rings (SSSR count). The van der Waals surface area contributed by atoms with E-state index in [2.05, 4.69) is 4.74 Å². The zero-order valence-electron chi connectivity index (χ0n) is 16.5. The van der Waals surface area contributed by atoms with Crippen LogP contribution in [-0.4, -0.2) is 56.3 Å². The maximum atomic E-state index is 12.5. The van der Waals surface area contributed by atoms with Crippen molar-refractivity contribution in [3.63, 3.8) is 0 Å². The number of benzene rings is 1. The van der Waals surface area contributed by atoms with Crippen molar-refractivity contribution >= 4 is 11.9 Å². The van der Waals surface area contributed by atoms with Crippen molar-refractivity contribution in [2.24, 2.45) is 0 Å². The SMILES string of the molecule is COC(=O)CCN(CCCOC(C)C)C(=O)COc1cccc(C)c1C. The molecule has 0 radical (unpaired) electrons. The Kier molecular flexibility index (Phi) is 9.73. The van der Waals surface area contributed by atoms with Gasteiger partial charge in [-0.25, -0.2) is 0 Å². The summed E-state index contributed by atoms with van der Waals surface area (Å²) in [6, 6.07) is 5.76. The maximum absolute atomic E-state index is 12.5. The molecule has 0 spiro atoms. The second kappa shape index (κ2) is 11.5. The Morgan fingerprint density at radius 3 is 2.54 bits per heavy atom. The van der Waals surface area contributed by atoms with E-state index in [0.29, 0.717) is 31.9 Å². The molecule has 0 N–H and O–H groups in total. The van der Waals surface area contributed by atoms with Gasteiger partial charge >= 0.3 is 5.97 Å². The van der Waals surface area contributed by atoms with Gasteiger partial charge in [0.2, 0.25) is 0 Å². The van der Waals surface area contributed by atoms with E-state index in [9.17, 15) is 9.59 Å². The third-order valence-corrected chi connectivity index (χ3v) is 4.10. The van der Waals surface area contributed by atoms with Crippen LogP contribution in [0.4, 0.5) is 0 Å². The molecule has 0 heterocycles. The minimum Gasteiger partial charge on any atom is -0.483 e. The van der Waals surface area contributed by atoms with E-state index in [1.54, 1.807) is 4.90 Å². The van der Waals surface area contributed by atoms with Gasteiger partial charge in [-0.2, -0.15) is 0 Å². The Balaban J connectivity index is 2.60.